The lowest BCUT2D eigenvalue weighted by Crippen LogP contribution is -2.65. The van der Waals surface area contributed by atoms with E-state index in [9.17, 15) is 25.5 Å². The molecular weight excluding hydrogens is 588 g/mol. The first-order chi connectivity index (χ1) is 20.9. The number of ether oxygens (including phenoxy) is 6. The minimum Gasteiger partial charge on any atom is -0.395 e. The molecule has 0 bridgehead atoms. The van der Waals surface area contributed by atoms with E-state index in [0.29, 0.717) is 19.4 Å². The van der Waals surface area contributed by atoms with E-state index in [1.165, 1.54) is 0 Å². The highest BCUT2D eigenvalue weighted by Gasteiger charge is 2.53. The van der Waals surface area contributed by atoms with Crippen molar-refractivity contribution in [1.29, 1.82) is 0 Å². The van der Waals surface area contributed by atoms with Gasteiger partial charge in [0.25, 0.3) is 0 Å². The summed E-state index contributed by atoms with van der Waals surface area (Å²) in [6.07, 6.45) is -13.7. The average molecular weight is 641 g/mol. The van der Waals surface area contributed by atoms with Crippen LogP contribution in [0.1, 0.15) is 26.2 Å². The smallest absolute Gasteiger partial charge is 0.187 e. The molecule has 17 N–H and O–H groups in total. The highest BCUT2D eigenvalue weighted by Crippen LogP contribution is 2.34. The summed E-state index contributed by atoms with van der Waals surface area (Å²) in [7, 11) is 0. The first-order valence-electron chi connectivity index (χ1n) is 15.2. The number of hydrogen-bond acceptors (Lipinski definition) is 18. The van der Waals surface area contributed by atoms with Crippen molar-refractivity contribution in [2.75, 3.05) is 26.3 Å². The molecule has 0 aromatic heterocycles. The van der Waals surface area contributed by atoms with Gasteiger partial charge in [0.1, 0.15) is 48.8 Å². The van der Waals surface area contributed by atoms with E-state index in [1.807, 2.05) is 6.92 Å². The molecule has 0 aromatic rings. The molecule has 0 spiro atoms. The van der Waals surface area contributed by atoms with Gasteiger partial charge < -0.3 is 93.0 Å². The maximum Gasteiger partial charge on any atom is 0.187 e. The summed E-state index contributed by atoms with van der Waals surface area (Å²) < 4.78 is 35.8. The number of rotatable bonds is 12. The topological polar surface area (TPSA) is 319 Å². The molecule has 3 saturated heterocycles. The summed E-state index contributed by atoms with van der Waals surface area (Å²) in [5.74, 6) is 0. The highest BCUT2D eigenvalue weighted by molar-refractivity contribution is 5.01. The fraction of sp³-hybridized carbons (Fsp3) is 1.00. The van der Waals surface area contributed by atoms with Crippen LogP contribution in [0.25, 0.3) is 0 Å². The molecule has 0 radical (unpaired) electrons. The number of hydrogen-bond donors (Lipinski definition) is 12. The Morgan fingerprint density at radius 3 is 2.05 bits per heavy atom. The molecule has 18 heteroatoms. The molecule has 44 heavy (non-hydrogen) atoms. The van der Waals surface area contributed by atoms with Crippen LogP contribution in [0.15, 0.2) is 0 Å². The van der Waals surface area contributed by atoms with Crippen molar-refractivity contribution in [1.82, 2.24) is 5.32 Å². The number of aliphatic hydroxyl groups excluding tert-OH is 6. The van der Waals surface area contributed by atoms with E-state index in [0.717, 1.165) is 0 Å². The zero-order chi connectivity index (χ0) is 32.3. The van der Waals surface area contributed by atoms with E-state index in [2.05, 4.69) is 5.32 Å². The summed E-state index contributed by atoms with van der Waals surface area (Å²) >= 11 is 0. The molecule has 4 fully saturated rings. The SMILES string of the molecule is CC(NCCO)C1CCC(N)C(OC2C(N)CC(N)C(O)C2OC2OC(CO)C(OC3OC(CN)C(O)C(O)C3N)C2O)O1. The molecule has 18 atom stereocenters. The zero-order valence-corrected chi connectivity index (χ0v) is 24.9. The number of nitrogens with one attached hydrogen (secondary N) is 1. The van der Waals surface area contributed by atoms with Crippen LogP contribution < -0.4 is 34.0 Å². The molecule has 18 nitrogen and oxygen atoms in total. The Balaban J connectivity index is 1.46. The van der Waals surface area contributed by atoms with Gasteiger partial charge in [-0.3, -0.25) is 0 Å². The predicted molar refractivity (Wildman–Crippen MR) is 151 cm³/mol. The van der Waals surface area contributed by atoms with Crippen LogP contribution >= 0.6 is 0 Å². The fourth-order valence-electron chi connectivity index (χ4n) is 6.23. The lowest BCUT2D eigenvalue weighted by atomic mass is 9.84. The Morgan fingerprint density at radius 2 is 1.39 bits per heavy atom. The summed E-state index contributed by atoms with van der Waals surface area (Å²) in [6.45, 7) is 1.55. The minimum absolute atomic E-state index is 0.0253. The third-order valence-corrected chi connectivity index (χ3v) is 8.97. The molecule has 0 aromatic carbocycles. The summed E-state index contributed by atoms with van der Waals surface area (Å²) in [6, 6.07) is -3.33. The number of nitrogens with two attached hydrogens (primary N) is 5. The van der Waals surface area contributed by atoms with Crippen LogP contribution in [-0.2, 0) is 28.4 Å². The Labute approximate surface area is 256 Å². The lowest BCUT2D eigenvalue weighted by molar-refractivity contribution is -0.290. The van der Waals surface area contributed by atoms with Crippen molar-refractivity contribution in [2.45, 2.75) is 136 Å². The Bertz CT molecular complexity index is 885. The highest BCUT2D eigenvalue weighted by atomic mass is 16.8. The predicted octanol–water partition coefficient (Wildman–Crippen LogP) is -6.83. The van der Waals surface area contributed by atoms with Crippen molar-refractivity contribution in [3.05, 3.63) is 0 Å². The van der Waals surface area contributed by atoms with E-state index in [4.69, 9.17) is 62.2 Å². The van der Waals surface area contributed by atoms with Crippen molar-refractivity contribution in [3.8, 4) is 0 Å². The molecule has 1 aliphatic carbocycles. The van der Waals surface area contributed by atoms with E-state index >= 15 is 0 Å². The second-order valence-corrected chi connectivity index (χ2v) is 12.2. The normalized spacial score (nSPS) is 49.2. The summed E-state index contributed by atoms with van der Waals surface area (Å²) in [5, 5.41) is 65.1. The van der Waals surface area contributed by atoms with Crippen molar-refractivity contribution in [3.63, 3.8) is 0 Å². The van der Waals surface area contributed by atoms with E-state index in [-0.39, 0.29) is 31.7 Å². The molecule has 1 saturated carbocycles. The van der Waals surface area contributed by atoms with Crippen LogP contribution in [-0.4, -0.2) is 167 Å². The third kappa shape index (κ3) is 7.87. The third-order valence-electron chi connectivity index (χ3n) is 8.97. The van der Waals surface area contributed by atoms with Gasteiger partial charge >= 0.3 is 0 Å². The van der Waals surface area contributed by atoms with Gasteiger partial charge in [0.2, 0.25) is 0 Å². The molecular formula is C26H52N6O12. The van der Waals surface area contributed by atoms with Crippen molar-refractivity contribution < 1.29 is 59.1 Å². The second kappa shape index (κ2) is 15.9. The Hall–Kier alpha value is -0.720. The van der Waals surface area contributed by atoms with Crippen LogP contribution in [0.4, 0.5) is 0 Å². The molecule has 4 rings (SSSR count). The van der Waals surface area contributed by atoms with Gasteiger partial charge in [0, 0.05) is 31.2 Å². The molecule has 3 aliphatic heterocycles. The zero-order valence-electron chi connectivity index (χ0n) is 24.9. The first-order valence-corrected chi connectivity index (χ1v) is 15.2. The van der Waals surface area contributed by atoms with Crippen molar-refractivity contribution in [2.24, 2.45) is 28.7 Å². The van der Waals surface area contributed by atoms with Crippen LogP contribution in [0.3, 0.4) is 0 Å². The molecule has 3 heterocycles. The Kier molecular flexibility index (Phi) is 13.1. The van der Waals surface area contributed by atoms with Crippen LogP contribution in [0.5, 0.6) is 0 Å². The van der Waals surface area contributed by atoms with Crippen molar-refractivity contribution >= 4 is 0 Å². The lowest BCUT2D eigenvalue weighted by Gasteiger charge is -2.46. The molecule has 258 valence electrons. The van der Waals surface area contributed by atoms with Gasteiger partial charge in [-0.1, -0.05) is 0 Å². The standard InChI is InChI=1S/C26H52N6O12/c1-9(32-4-5-33)13-3-2-10(28)24(39-13)42-21-12(30)6-11(29)17(35)23(21)44-26-20(38)22(15(8-34)41-26)43-25-16(31)19(37)18(36)14(7-27)40-25/h9-26,32-38H,2-8,27-31H2,1H3. The number of aliphatic hydroxyl groups is 6. The fourth-order valence-corrected chi connectivity index (χ4v) is 6.23. The Morgan fingerprint density at radius 1 is 0.727 bits per heavy atom. The maximum atomic E-state index is 11.2. The van der Waals surface area contributed by atoms with Gasteiger partial charge in [-0.15, -0.1) is 0 Å². The summed E-state index contributed by atoms with van der Waals surface area (Å²) in [4.78, 5) is 0. The largest absolute Gasteiger partial charge is 0.395 e. The first kappa shape index (κ1) is 36.1. The molecule has 18 unspecified atom stereocenters. The monoisotopic (exact) mass is 640 g/mol. The minimum atomic E-state index is -1.54. The van der Waals surface area contributed by atoms with E-state index < -0.39 is 105 Å². The van der Waals surface area contributed by atoms with Gasteiger partial charge in [0.15, 0.2) is 18.9 Å². The second-order valence-electron chi connectivity index (χ2n) is 12.2. The van der Waals surface area contributed by atoms with Crippen LogP contribution in [0.2, 0.25) is 0 Å². The van der Waals surface area contributed by atoms with Crippen LogP contribution in [0, 0.1) is 0 Å². The van der Waals surface area contributed by atoms with Gasteiger partial charge in [0.05, 0.1) is 37.5 Å². The average Bonchev–Trinajstić information content (AvgIpc) is 3.30. The van der Waals surface area contributed by atoms with Gasteiger partial charge in [-0.05, 0) is 26.2 Å². The van der Waals surface area contributed by atoms with Gasteiger partial charge in [-0.2, -0.15) is 0 Å². The molecule has 0 amide bonds. The maximum absolute atomic E-state index is 11.2. The van der Waals surface area contributed by atoms with Gasteiger partial charge in [-0.25, -0.2) is 0 Å². The molecule has 4 aliphatic rings. The van der Waals surface area contributed by atoms with E-state index in [1.54, 1.807) is 0 Å². The quantitative estimate of drug-likeness (QED) is 0.0942. The summed E-state index contributed by atoms with van der Waals surface area (Å²) in [5.41, 5.74) is 30.6.